The van der Waals surface area contributed by atoms with Crippen molar-refractivity contribution in [2.75, 3.05) is 0 Å². The molecule has 1 aromatic rings. The fourth-order valence-corrected chi connectivity index (χ4v) is 1.38. The Balaban J connectivity index is 3.65. The number of rotatable bonds is 4. The second-order valence-corrected chi connectivity index (χ2v) is 4.44. The van der Waals surface area contributed by atoms with Crippen molar-refractivity contribution < 1.29 is 54.5 Å². The molecule has 3 nitrogen and oxygen atoms in total. The number of hydrogen-bond acceptors (Lipinski definition) is 3. The molecule has 0 bridgehead atoms. The van der Waals surface area contributed by atoms with Crippen molar-refractivity contribution in [3.63, 3.8) is 0 Å². The highest BCUT2D eigenvalue weighted by Crippen LogP contribution is 2.42. The summed E-state index contributed by atoms with van der Waals surface area (Å²) in [5, 5.41) is 17.0. The van der Waals surface area contributed by atoms with Crippen LogP contribution in [0.1, 0.15) is 17.3 Å². The third-order valence-electron chi connectivity index (χ3n) is 2.92. The van der Waals surface area contributed by atoms with E-state index in [1.165, 1.54) is 0 Å². The standard InChI is InChI=1S/C11H5F9O3/c1-9(17,11(19,20)23)10(18,22)8(21)2-3(12)5(14)7(16)6(15)4(2)13/h22-23H,1H3. The second-order valence-electron chi connectivity index (χ2n) is 4.44. The van der Waals surface area contributed by atoms with Crippen LogP contribution in [0.15, 0.2) is 0 Å². The summed E-state index contributed by atoms with van der Waals surface area (Å²) < 4.78 is 117. The molecule has 1 rings (SSSR count). The largest absolute Gasteiger partial charge is 0.393 e. The van der Waals surface area contributed by atoms with Gasteiger partial charge < -0.3 is 10.2 Å². The Hall–Kier alpha value is -1.82. The summed E-state index contributed by atoms with van der Waals surface area (Å²) in [4.78, 5) is 11.4. The summed E-state index contributed by atoms with van der Waals surface area (Å²) >= 11 is 0. The van der Waals surface area contributed by atoms with Gasteiger partial charge in [0.1, 0.15) is 5.56 Å². The van der Waals surface area contributed by atoms with Crippen molar-refractivity contribution in [3.05, 3.63) is 34.6 Å². The summed E-state index contributed by atoms with van der Waals surface area (Å²) in [5.74, 6) is -23.1. The number of Topliss-reactive ketones (excluding diaryl/α,β-unsaturated/α-hetero) is 1. The summed E-state index contributed by atoms with van der Waals surface area (Å²) in [5.41, 5.74) is -7.88. The van der Waals surface area contributed by atoms with Crippen molar-refractivity contribution in [1.29, 1.82) is 0 Å². The van der Waals surface area contributed by atoms with Gasteiger partial charge in [0.15, 0.2) is 23.3 Å². The van der Waals surface area contributed by atoms with E-state index < -0.39 is 65.0 Å². The van der Waals surface area contributed by atoms with Gasteiger partial charge in [-0.2, -0.15) is 13.2 Å². The zero-order chi connectivity index (χ0) is 18.5. The maximum Gasteiger partial charge on any atom is 0.393 e. The quantitative estimate of drug-likeness (QED) is 0.377. The van der Waals surface area contributed by atoms with Crippen LogP contribution >= 0.6 is 0 Å². The molecule has 0 heterocycles. The van der Waals surface area contributed by atoms with Crippen molar-refractivity contribution >= 4 is 5.78 Å². The summed E-state index contributed by atoms with van der Waals surface area (Å²) in [7, 11) is 0. The summed E-state index contributed by atoms with van der Waals surface area (Å²) in [6.07, 6.45) is -5.75. The van der Waals surface area contributed by atoms with Gasteiger partial charge in [0.25, 0.3) is 5.67 Å². The predicted octanol–water partition coefficient (Wildman–Crippen LogP) is 2.54. The van der Waals surface area contributed by atoms with Crippen LogP contribution in [0.3, 0.4) is 0 Å². The molecule has 0 spiro atoms. The summed E-state index contributed by atoms with van der Waals surface area (Å²) in [6, 6.07) is 0. The molecule has 0 saturated heterocycles. The lowest BCUT2D eigenvalue weighted by Crippen LogP contribution is -2.61. The van der Waals surface area contributed by atoms with Gasteiger partial charge in [-0.15, -0.1) is 0 Å². The highest BCUT2D eigenvalue weighted by molar-refractivity contribution is 6.02. The zero-order valence-electron chi connectivity index (χ0n) is 10.7. The third-order valence-corrected chi connectivity index (χ3v) is 2.92. The molecule has 2 atom stereocenters. The van der Waals surface area contributed by atoms with Crippen LogP contribution < -0.4 is 0 Å². The molecule has 2 N–H and O–H groups in total. The normalized spacial score (nSPS) is 17.6. The average Bonchev–Trinajstić information content (AvgIpc) is 2.41. The van der Waals surface area contributed by atoms with Gasteiger partial charge in [-0.05, 0) is 6.92 Å². The fraction of sp³-hybridized carbons (Fsp3) is 0.364. The molecular weight excluding hydrogens is 351 g/mol. The minimum Gasteiger partial charge on any atom is -0.353 e. The minimum absolute atomic E-state index is 0.572. The van der Waals surface area contributed by atoms with Crippen LogP contribution in [0.2, 0.25) is 0 Å². The lowest BCUT2D eigenvalue weighted by atomic mass is 9.89. The Labute approximate surface area is 120 Å². The zero-order valence-corrected chi connectivity index (χ0v) is 10.7. The van der Waals surface area contributed by atoms with Crippen molar-refractivity contribution in [2.45, 2.75) is 24.6 Å². The van der Waals surface area contributed by atoms with Gasteiger partial charge in [-0.3, -0.25) is 4.79 Å². The number of carbonyl (C=O) groups is 1. The monoisotopic (exact) mass is 356 g/mol. The molecule has 23 heavy (non-hydrogen) atoms. The first-order valence-corrected chi connectivity index (χ1v) is 5.35. The first-order valence-electron chi connectivity index (χ1n) is 5.35. The first kappa shape index (κ1) is 19.2. The highest BCUT2D eigenvalue weighted by Gasteiger charge is 2.69. The van der Waals surface area contributed by atoms with Crippen molar-refractivity contribution in [3.8, 4) is 0 Å². The molecule has 0 radical (unpaired) electrons. The lowest BCUT2D eigenvalue weighted by Gasteiger charge is -2.33. The van der Waals surface area contributed by atoms with Crippen molar-refractivity contribution in [1.82, 2.24) is 0 Å². The Bertz CT molecular complexity index is 635. The topological polar surface area (TPSA) is 57.5 Å². The first-order chi connectivity index (χ1) is 10.1. The number of alkyl halides is 4. The van der Waals surface area contributed by atoms with E-state index in [0.29, 0.717) is 0 Å². The minimum atomic E-state index is -5.75. The lowest BCUT2D eigenvalue weighted by molar-refractivity contribution is -0.332. The molecule has 2 unspecified atom stereocenters. The van der Waals surface area contributed by atoms with Crippen LogP contribution in [0, 0.1) is 29.1 Å². The van der Waals surface area contributed by atoms with Gasteiger partial charge in [-0.25, -0.2) is 26.3 Å². The molecule has 0 saturated carbocycles. The van der Waals surface area contributed by atoms with Crippen LogP contribution in [0.4, 0.5) is 39.5 Å². The third kappa shape index (κ3) is 2.65. The molecule has 0 amide bonds. The molecule has 0 aliphatic rings. The Morgan fingerprint density at radius 3 is 1.39 bits per heavy atom. The van der Waals surface area contributed by atoms with Crippen LogP contribution in [-0.4, -0.2) is 33.6 Å². The van der Waals surface area contributed by atoms with Gasteiger partial charge in [0.05, 0.1) is 0 Å². The van der Waals surface area contributed by atoms with E-state index in [2.05, 4.69) is 0 Å². The number of aliphatic hydroxyl groups is 2. The molecule has 0 fully saturated rings. The smallest absolute Gasteiger partial charge is 0.353 e. The van der Waals surface area contributed by atoms with Crippen LogP contribution in [0.5, 0.6) is 0 Å². The molecule has 130 valence electrons. The predicted molar refractivity (Wildman–Crippen MR) is 53.3 cm³/mol. The van der Waals surface area contributed by atoms with Gasteiger partial charge in [0.2, 0.25) is 11.6 Å². The number of benzene rings is 1. The van der Waals surface area contributed by atoms with E-state index in [0.717, 1.165) is 0 Å². The maximum atomic E-state index is 13.7. The van der Waals surface area contributed by atoms with E-state index in [1.54, 1.807) is 0 Å². The summed E-state index contributed by atoms with van der Waals surface area (Å²) in [6.45, 7) is -0.572. The van der Waals surface area contributed by atoms with E-state index in [1.807, 2.05) is 0 Å². The van der Waals surface area contributed by atoms with E-state index in [9.17, 15) is 44.3 Å². The molecule has 0 aromatic heterocycles. The average molecular weight is 356 g/mol. The Kier molecular flexibility index (Phi) is 4.49. The van der Waals surface area contributed by atoms with E-state index >= 15 is 0 Å². The van der Waals surface area contributed by atoms with Gasteiger partial charge in [-0.1, -0.05) is 0 Å². The van der Waals surface area contributed by atoms with E-state index in [4.69, 9.17) is 10.2 Å². The molecule has 12 heteroatoms. The van der Waals surface area contributed by atoms with Crippen LogP contribution in [-0.2, 0) is 0 Å². The number of carbonyl (C=O) groups excluding carboxylic acids is 1. The fourth-order valence-electron chi connectivity index (χ4n) is 1.38. The number of hydrogen-bond donors (Lipinski definition) is 2. The Morgan fingerprint density at radius 1 is 0.783 bits per heavy atom. The molecule has 0 aliphatic carbocycles. The molecule has 0 aliphatic heterocycles. The Morgan fingerprint density at radius 2 is 1.09 bits per heavy atom. The van der Waals surface area contributed by atoms with Gasteiger partial charge >= 0.3 is 12.0 Å². The van der Waals surface area contributed by atoms with Gasteiger partial charge in [0, 0.05) is 0 Å². The van der Waals surface area contributed by atoms with E-state index in [-0.39, 0.29) is 0 Å². The maximum absolute atomic E-state index is 13.7. The number of ketones is 1. The van der Waals surface area contributed by atoms with Crippen LogP contribution in [0.25, 0.3) is 0 Å². The second kappa shape index (κ2) is 5.37. The molecule has 1 aromatic carbocycles. The highest BCUT2D eigenvalue weighted by atomic mass is 19.3. The van der Waals surface area contributed by atoms with Crippen molar-refractivity contribution in [2.24, 2.45) is 0 Å². The SMILES string of the molecule is CC(F)(C(O)(F)F)C(O)(F)C(=O)c1c(F)c(F)c(F)c(F)c1F. The number of halogens is 9. The molecular formula is C11H5F9O3.